The zero-order valence-electron chi connectivity index (χ0n) is 31.0. The average molecular weight is 691 g/mol. The van der Waals surface area contributed by atoms with Gasteiger partial charge < -0.3 is 18.9 Å². The molecule has 0 aliphatic heterocycles. The molecule has 4 heteroatoms. The van der Waals surface area contributed by atoms with E-state index in [0.717, 1.165) is 56.4 Å². The highest BCUT2D eigenvalue weighted by molar-refractivity contribution is 5.56. The normalized spacial score (nSPS) is 10.9. The monoisotopic (exact) mass is 690 g/mol. The lowest BCUT2D eigenvalue weighted by Crippen LogP contribution is -2.10. The average Bonchev–Trinajstić information content (AvgIpc) is 3.16. The summed E-state index contributed by atoms with van der Waals surface area (Å²) in [6.45, 7) is 25.6. The van der Waals surface area contributed by atoms with E-state index in [1.807, 2.05) is 24.3 Å². The summed E-state index contributed by atoms with van der Waals surface area (Å²) < 4.78 is 23.6. The van der Waals surface area contributed by atoms with Crippen molar-refractivity contribution in [3.63, 3.8) is 0 Å². The van der Waals surface area contributed by atoms with Crippen molar-refractivity contribution >= 4 is 0 Å². The van der Waals surface area contributed by atoms with Crippen molar-refractivity contribution in [3.8, 4) is 23.0 Å². The number of rotatable bonds is 18. The van der Waals surface area contributed by atoms with Crippen molar-refractivity contribution in [2.45, 2.75) is 39.5 Å². The first kappa shape index (κ1) is 37.5. The summed E-state index contributed by atoms with van der Waals surface area (Å²) >= 11 is 0. The van der Waals surface area contributed by atoms with E-state index in [4.69, 9.17) is 18.9 Å². The summed E-state index contributed by atoms with van der Waals surface area (Å²) in [5, 5.41) is 0. The minimum Gasteiger partial charge on any atom is -0.490 e. The zero-order chi connectivity index (χ0) is 37.0. The Morgan fingerprint density at radius 1 is 0.404 bits per heavy atom. The Morgan fingerprint density at radius 3 is 1.06 bits per heavy atom. The van der Waals surface area contributed by atoms with Gasteiger partial charge in [0.2, 0.25) is 0 Å². The van der Waals surface area contributed by atoms with Gasteiger partial charge in [0.25, 0.3) is 0 Å². The first-order valence-corrected chi connectivity index (χ1v) is 17.7. The largest absolute Gasteiger partial charge is 0.490 e. The molecule has 0 aliphatic rings. The van der Waals surface area contributed by atoms with E-state index < -0.39 is 0 Å². The summed E-state index contributed by atoms with van der Waals surface area (Å²) in [4.78, 5) is 0. The number of aryl methyl sites for hydroxylation is 4. The second kappa shape index (κ2) is 18.0. The lowest BCUT2D eigenvalue weighted by molar-refractivity contribution is 0.360. The van der Waals surface area contributed by atoms with E-state index in [2.05, 4.69) is 127 Å². The van der Waals surface area contributed by atoms with Gasteiger partial charge in [0.05, 0.1) is 0 Å². The highest BCUT2D eigenvalue weighted by Crippen LogP contribution is 2.41. The molecular formula is C48H50O4. The van der Waals surface area contributed by atoms with E-state index >= 15 is 0 Å². The van der Waals surface area contributed by atoms with Gasteiger partial charge in [-0.25, -0.2) is 0 Å². The molecule has 5 aromatic rings. The van der Waals surface area contributed by atoms with Crippen molar-refractivity contribution in [2.24, 2.45) is 0 Å². The van der Waals surface area contributed by atoms with Crippen LogP contribution in [0.4, 0.5) is 0 Å². The summed E-state index contributed by atoms with van der Waals surface area (Å²) in [5.41, 5.74) is 11.7. The highest BCUT2D eigenvalue weighted by Gasteiger charge is 2.25. The molecule has 0 atom stereocenters. The first-order chi connectivity index (χ1) is 25.3. The Bertz CT molecular complexity index is 1860. The standard InChI is InChI=1S/C48H50O4/c1-9-25-49-41-21-17-38(18-22-41)47(39-19-23-42(24-20-39)50-26-10-2)37-13-15-40(16-14-37)48(43-29-35(7)45(31-33(43)5)51-27-11-3)44-30-36(8)46(32-34(44)6)52-28-12-4/h9-24,29-32,47-48H,1-4,25-28H2,5-8H3. The molecule has 0 fully saturated rings. The lowest BCUT2D eigenvalue weighted by Gasteiger charge is -2.26. The maximum absolute atomic E-state index is 6.02. The Hall–Kier alpha value is -5.74. The van der Waals surface area contributed by atoms with Gasteiger partial charge >= 0.3 is 0 Å². The van der Waals surface area contributed by atoms with Crippen LogP contribution in [0.1, 0.15) is 67.5 Å². The molecule has 0 saturated heterocycles. The fraction of sp³-hybridized carbons (Fsp3) is 0.208. The molecule has 0 N–H and O–H groups in total. The fourth-order valence-corrected chi connectivity index (χ4v) is 6.66. The molecule has 5 aromatic carbocycles. The molecule has 0 aliphatic carbocycles. The van der Waals surface area contributed by atoms with Crippen molar-refractivity contribution < 1.29 is 18.9 Å². The van der Waals surface area contributed by atoms with Gasteiger partial charge in [-0.3, -0.25) is 0 Å². The molecule has 0 saturated carbocycles. The van der Waals surface area contributed by atoms with Gasteiger partial charge in [-0.05, 0) is 120 Å². The highest BCUT2D eigenvalue weighted by atomic mass is 16.5. The van der Waals surface area contributed by atoms with Crippen LogP contribution in [0.15, 0.2) is 148 Å². The topological polar surface area (TPSA) is 36.9 Å². The molecule has 5 rings (SSSR count). The number of benzene rings is 5. The predicted octanol–water partition coefficient (Wildman–Crippen LogP) is 11.5. The maximum atomic E-state index is 6.02. The van der Waals surface area contributed by atoms with Gasteiger partial charge in [0, 0.05) is 11.8 Å². The van der Waals surface area contributed by atoms with Gasteiger partial charge in [0.15, 0.2) is 0 Å². The van der Waals surface area contributed by atoms with Crippen LogP contribution in [0.2, 0.25) is 0 Å². The molecule has 0 bridgehead atoms. The smallest absolute Gasteiger partial charge is 0.122 e. The van der Waals surface area contributed by atoms with Crippen LogP contribution in [0.25, 0.3) is 0 Å². The minimum atomic E-state index is -0.0191. The van der Waals surface area contributed by atoms with E-state index in [0.29, 0.717) is 26.4 Å². The third-order valence-electron chi connectivity index (χ3n) is 9.23. The van der Waals surface area contributed by atoms with E-state index in [1.54, 1.807) is 24.3 Å². The van der Waals surface area contributed by atoms with Crippen molar-refractivity contribution in [1.29, 1.82) is 0 Å². The number of hydrogen-bond acceptors (Lipinski definition) is 4. The molecule has 0 unspecified atom stereocenters. The second-order valence-corrected chi connectivity index (χ2v) is 13.0. The quantitative estimate of drug-likeness (QED) is 0.0677. The van der Waals surface area contributed by atoms with Gasteiger partial charge in [-0.1, -0.05) is 111 Å². The minimum absolute atomic E-state index is 0.00930. The van der Waals surface area contributed by atoms with E-state index in [-0.39, 0.29) is 11.8 Å². The molecule has 0 amide bonds. The molecule has 4 nitrogen and oxygen atoms in total. The summed E-state index contributed by atoms with van der Waals surface area (Å²) in [6, 6.07) is 34.6. The molecule has 0 spiro atoms. The molecular weight excluding hydrogens is 641 g/mol. The molecule has 52 heavy (non-hydrogen) atoms. The first-order valence-electron chi connectivity index (χ1n) is 17.7. The van der Waals surface area contributed by atoms with Gasteiger partial charge in [-0.2, -0.15) is 0 Å². The molecule has 266 valence electrons. The number of ether oxygens (including phenoxy) is 4. The van der Waals surface area contributed by atoms with E-state index in [9.17, 15) is 0 Å². The predicted molar refractivity (Wildman–Crippen MR) is 216 cm³/mol. The maximum Gasteiger partial charge on any atom is 0.122 e. The van der Waals surface area contributed by atoms with Crippen LogP contribution >= 0.6 is 0 Å². The zero-order valence-corrected chi connectivity index (χ0v) is 31.0. The van der Waals surface area contributed by atoms with Crippen molar-refractivity contribution in [1.82, 2.24) is 0 Å². The lowest BCUT2D eigenvalue weighted by atomic mass is 9.78. The molecule has 0 radical (unpaired) electrons. The summed E-state index contributed by atoms with van der Waals surface area (Å²) in [7, 11) is 0. The van der Waals surface area contributed by atoms with Crippen LogP contribution in [0, 0.1) is 27.7 Å². The summed E-state index contributed by atoms with van der Waals surface area (Å²) in [6.07, 6.45) is 7.06. The van der Waals surface area contributed by atoms with Crippen LogP contribution < -0.4 is 18.9 Å². The summed E-state index contributed by atoms with van der Waals surface area (Å²) in [5.74, 6) is 3.35. The SMILES string of the molecule is C=CCOc1ccc(C(c2ccc(OCC=C)cc2)c2ccc(C(c3cc(C)c(OCC=C)cc3C)c3cc(C)c(OCC=C)cc3C)cc2)cc1. The van der Waals surface area contributed by atoms with Crippen molar-refractivity contribution in [3.05, 3.63) is 203 Å². The van der Waals surface area contributed by atoms with Crippen LogP contribution in [-0.2, 0) is 0 Å². The Labute approximate surface area is 310 Å². The van der Waals surface area contributed by atoms with Crippen LogP contribution in [-0.4, -0.2) is 26.4 Å². The molecule has 0 aromatic heterocycles. The van der Waals surface area contributed by atoms with E-state index in [1.165, 1.54) is 22.3 Å². The van der Waals surface area contributed by atoms with Crippen molar-refractivity contribution in [2.75, 3.05) is 26.4 Å². The van der Waals surface area contributed by atoms with Crippen LogP contribution in [0.3, 0.4) is 0 Å². The third kappa shape index (κ3) is 8.94. The number of hydrogen-bond donors (Lipinski definition) is 0. The Kier molecular flexibility index (Phi) is 13.0. The van der Waals surface area contributed by atoms with Gasteiger partial charge in [-0.15, -0.1) is 0 Å². The molecule has 0 heterocycles. The second-order valence-electron chi connectivity index (χ2n) is 13.0. The van der Waals surface area contributed by atoms with Crippen LogP contribution in [0.5, 0.6) is 23.0 Å². The third-order valence-corrected chi connectivity index (χ3v) is 9.23. The van der Waals surface area contributed by atoms with Gasteiger partial charge in [0.1, 0.15) is 49.4 Å². The Morgan fingerprint density at radius 2 is 0.712 bits per heavy atom. The fourth-order valence-electron chi connectivity index (χ4n) is 6.66. The Balaban J connectivity index is 1.61.